The average molecular weight is 437 g/mol. The zero-order chi connectivity index (χ0) is 22.7. The molecule has 1 aromatic carbocycles. The highest BCUT2D eigenvalue weighted by Gasteiger charge is 2.16. The topological polar surface area (TPSA) is 120 Å². The zero-order valence-electron chi connectivity index (χ0n) is 17.5. The lowest BCUT2D eigenvalue weighted by molar-refractivity contribution is 0.262. The van der Waals surface area contributed by atoms with Crippen molar-refractivity contribution >= 4 is 17.4 Å². The Morgan fingerprint density at radius 1 is 1.19 bits per heavy atom. The Morgan fingerprint density at radius 3 is 2.75 bits per heavy atom. The molecule has 0 aliphatic carbocycles. The third kappa shape index (κ3) is 4.89. The summed E-state index contributed by atoms with van der Waals surface area (Å²) in [5, 5.41) is 12.9. The summed E-state index contributed by atoms with van der Waals surface area (Å²) in [6, 6.07) is 4.89. The minimum atomic E-state index is -0.620. The molecule has 0 unspecified atom stereocenters. The fourth-order valence-electron chi connectivity index (χ4n) is 2.68. The highest BCUT2D eigenvalue weighted by atomic mass is 19.1. The van der Waals surface area contributed by atoms with Gasteiger partial charge in [0.25, 0.3) is 0 Å². The molecule has 2 amide bonds. The van der Waals surface area contributed by atoms with Crippen LogP contribution in [0.5, 0.6) is 11.6 Å². The van der Waals surface area contributed by atoms with Gasteiger partial charge in [0.2, 0.25) is 5.88 Å². The van der Waals surface area contributed by atoms with Crippen LogP contribution in [0.15, 0.2) is 59.8 Å². The van der Waals surface area contributed by atoms with Crippen LogP contribution in [0.4, 0.5) is 20.6 Å². The summed E-state index contributed by atoms with van der Waals surface area (Å²) in [6.45, 7) is 5.95. The van der Waals surface area contributed by atoms with Gasteiger partial charge in [-0.1, -0.05) is 5.16 Å². The lowest BCUT2D eigenvalue weighted by Gasteiger charge is -2.18. The molecule has 0 spiro atoms. The number of amides is 2. The molecule has 0 fully saturated rings. The van der Waals surface area contributed by atoms with E-state index in [4.69, 9.17) is 9.26 Å². The van der Waals surface area contributed by atoms with Crippen molar-refractivity contribution in [2.75, 3.05) is 10.6 Å². The first-order valence-electron chi connectivity index (χ1n) is 9.61. The van der Waals surface area contributed by atoms with Crippen molar-refractivity contribution in [3.05, 3.63) is 61.1 Å². The van der Waals surface area contributed by atoms with Gasteiger partial charge in [0.15, 0.2) is 5.82 Å². The van der Waals surface area contributed by atoms with Crippen molar-refractivity contribution in [2.45, 2.75) is 26.3 Å². The molecule has 164 valence electrons. The number of benzene rings is 1. The minimum Gasteiger partial charge on any atom is -0.439 e. The standard InChI is InChI=1S/C21H20FN7O3/c1-21(2,3)29-11-14(10-24-29)26-20(30)27-17-8-15(4-5-16(17)22)32-18-6-7-23-19(28-18)13-9-25-31-12-13/h4-12H,1-3H3,(H2,26,27,30). The molecule has 3 aromatic heterocycles. The Bertz CT molecular complexity index is 1230. The number of urea groups is 1. The summed E-state index contributed by atoms with van der Waals surface area (Å²) in [6.07, 6.45) is 7.60. The zero-order valence-corrected chi connectivity index (χ0v) is 17.5. The molecule has 0 saturated heterocycles. The number of nitrogens with zero attached hydrogens (tertiary/aromatic N) is 5. The van der Waals surface area contributed by atoms with E-state index in [1.807, 2.05) is 20.8 Å². The normalized spacial score (nSPS) is 11.2. The largest absolute Gasteiger partial charge is 0.439 e. The second-order valence-electron chi connectivity index (χ2n) is 7.80. The molecular formula is C21H20FN7O3. The van der Waals surface area contributed by atoms with Crippen LogP contribution >= 0.6 is 0 Å². The van der Waals surface area contributed by atoms with Gasteiger partial charge in [-0.2, -0.15) is 10.1 Å². The first kappa shape index (κ1) is 21.0. The number of hydrogen-bond donors (Lipinski definition) is 2. The van der Waals surface area contributed by atoms with E-state index in [0.29, 0.717) is 17.1 Å². The molecule has 3 heterocycles. The molecule has 0 radical (unpaired) electrons. The Balaban J connectivity index is 1.45. The Hall–Kier alpha value is -4.28. The molecule has 4 rings (SSSR count). The number of anilines is 2. The molecule has 11 heteroatoms. The third-order valence-corrected chi connectivity index (χ3v) is 4.26. The number of carbonyl (C=O) groups excluding carboxylic acids is 1. The molecule has 0 aliphatic rings. The van der Waals surface area contributed by atoms with Gasteiger partial charge < -0.3 is 19.9 Å². The van der Waals surface area contributed by atoms with Crippen LogP contribution in [-0.4, -0.2) is 30.9 Å². The summed E-state index contributed by atoms with van der Waals surface area (Å²) in [4.78, 5) is 20.7. The van der Waals surface area contributed by atoms with Crippen LogP contribution in [0.1, 0.15) is 20.8 Å². The number of nitrogens with one attached hydrogen (secondary N) is 2. The number of hydrogen-bond acceptors (Lipinski definition) is 7. The summed E-state index contributed by atoms with van der Waals surface area (Å²) < 4.78 is 26.5. The number of carbonyl (C=O) groups is 1. The van der Waals surface area contributed by atoms with Crippen molar-refractivity contribution in [3.63, 3.8) is 0 Å². The van der Waals surface area contributed by atoms with E-state index in [2.05, 4.69) is 30.9 Å². The number of ether oxygens (including phenoxy) is 1. The van der Waals surface area contributed by atoms with Crippen molar-refractivity contribution < 1.29 is 18.4 Å². The predicted octanol–water partition coefficient (Wildman–Crippen LogP) is 4.66. The smallest absolute Gasteiger partial charge is 0.323 e. The molecule has 0 atom stereocenters. The maximum absolute atomic E-state index is 14.3. The van der Waals surface area contributed by atoms with Crippen molar-refractivity contribution in [1.29, 1.82) is 0 Å². The number of rotatable bonds is 5. The van der Waals surface area contributed by atoms with E-state index in [-0.39, 0.29) is 22.9 Å². The van der Waals surface area contributed by atoms with Gasteiger partial charge in [0.1, 0.15) is 17.8 Å². The Morgan fingerprint density at radius 2 is 2.03 bits per heavy atom. The van der Waals surface area contributed by atoms with Gasteiger partial charge in [-0.25, -0.2) is 14.2 Å². The van der Waals surface area contributed by atoms with Gasteiger partial charge in [-0.05, 0) is 32.9 Å². The van der Waals surface area contributed by atoms with Gasteiger partial charge in [0.05, 0.1) is 34.9 Å². The molecular weight excluding hydrogens is 417 g/mol. The lowest BCUT2D eigenvalue weighted by Crippen LogP contribution is -2.22. The minimum absolute atomic E-state index is 0.0588. The second-order valence-corrected chi connectivity index (χ2v) is 7.80. The first-order valence-corrected chi connectivity index (χ1v) is 9.61. The second kappa shape index (κ2) is 8.46. The van der Waals surface area contributed by atoms with E-state index in [1.54, 1.807) is 16.9 Å². The van der Waals surface area contributed by atoms with Crippen LogP contribution in [-0.2, 0) is 5.54 Å². The van der Waals surface area contributed by atoms with Crippen LogP contribution < -0.4 is 15.4 Å². The van der Waals surface area contributed by atoms with Crippen molar-refractivity contribution in [1.82, 2.24) is 24.9 Å². The molecule has 0 saturated carbocycles. The predicted molar refractivity (Wildman–Crippen MR) is 114 cm³/mol. The quantitative estimate of drug-likeness (QED) is 0.466. The monoisotopic (exact) mass is 437 g/mol. The van der Waals surface area contributed by atoms with Crippen LogP contribution in [0.2, 0.25) is 0 Å². The summed E-state index contributed by atoms with van der Waals surface area (Å²) in [7, 11) is 0. The van der Waals surface area contributed by atoms with Gasteiger partial charge in [-0.15, -0.1) is 0 Å². The molecule has 10 nitrogen and oxygen atoms in total. The van der Waals surface area contributed by atoms with Gasteiger partial charge in [-0.3, -0.25) is 4.68 Å². The fourth-order valence-corrected chi connectivity index (χ4v) is 2.68. The SMILES string of the molecule is CC(C)(C)n1cc(NC(=O)Nc2cc(Oc3ccnc(-c4cnoc4)n3)ccc2F)cn1. The Labute approximate surface area is 182 Å². The van der Waals surface area contributed by atoms with Gasteiger partial charge >= 0.3 is 6.03 Å². The van der Waals surface area contributed by atoms with E-state index in [9.17, 15) is 9.18 Å². The summed E-state index contributed by atoms with van der Waals surface area (Å²) in [5.74, 6) is 0.246. The lowest BCUT2D eigenvalue weighted by atomic mass is 10.1. The maximum atomic E-state index is 14.3. The summed E-state index contributed by atoms with van der Waals surface area (Å²) >= 11 is 0. The highest BCUT2D eigenvalue weighted by molar-refractivity contribution is 5.99. The van der Waals surface area contributed by atoms with Crippen LogP contribution in [0.25, 0.3) is 11.4 Å². The number of halogens is 1. The maximum Gasteiger partial charge on any atom is 0.323 e. The Kier molecular flexibility index (Phi) is 5.54. The average Bonchev–Trinajstić information content (AvgIpc) is 3.43. The number of aromatic nitrogens is 5. The highest BCUT2D eigenvalue weighted by Crippen LogP contribution is 2.26. The van der Waals surface area contributed by atoms with Crippen molar-refractivity contribution in [3.8, 4) is 23.0 Å². The van der Waals surface area contributed by atoms with Crippen molar-refractivity contribution in [2.24, 2.45) is 0 Å². The molecule has 32 heavy (non-hydrogen) atoms. The van der Waals surface area contributed by atoms with Crippen LogP contribution in [0, 0.1) is 5.82 Å². The van der Waals surface area contributed by atoms with E-state index in [1.165, 1.54) is 43.1 Å². The van der Waals surface area contributed by atoms with E-state index in [0.717, 1.165) is 0 Å². The summed E-state index contributed by atoms with van der Waals surface area (Å²) in [5.41, 5.74) is 0.774. The molecule has 2 N–H and O–H groups in total. The molecule has 4 aromatic rings. The van der Waals surface area contributed by atoms with Crippen LogP contribution in [0.3, 0.4) is 0 Å². The first-order chi connectivity index (χ1) is 15.3. The van der Waals surface area contributed by atoms with E-state index < -0.39 is 11.8 Å². The molecule has 0 aliphatic heterocycles. The molecule has 0 bridgehead atoms. The van der Waals surface area contributed by atoms with E-state index >= 15 is 0 Å². The van der Waals surface area contributed by atoms with Gasteiger partial charge in [0, 0.05) is 24.5 Å². The fraction of sp³-hybridized carbons (Fsp3) is 0.190. The third-order valence-electron chi connectivity index (χ3n) is 4.26.